The first-order valence-corrected chi connectivity index (χ1v) is 9.23. The Morgan fingerprint density at radius 1 is 1.07 bits per heavy atom. The Morgan fingerprint density at radius 2 is 1.76 bits per heavy atom. The number of carbonyl (C=O) groups is 4. The lowest BCUT2D eigenvalue weighted by Crippen LogP contribution is -2.55. The summed E-state index contributed by atoms with van der Waals surface area (Å²) in [5.74, 6) is -3.87. The number of aromatic amines is 1. The number of unbranched alkanes of at least 4 members (excludes halogenated alkanes) is 1. The minimum Gasteiger partial charge on any atom is -0.481 e. The van der Waals surface area contributed by atoms with Crippen LogP contribution in [0.1, 0.15) is 37.8 Å². The summed E-state index contributed by atoms with van der Waals surface area (Å²) < 4.78 is 0. The van der Waals surface area contributed by atoms with Crippen molar-refractivity contribution in [3.63, 3.8) is 0 Å². The summed E-state index contributed by atoms with van der Waals surface area (Å²) in [7, 11) is 0. The molecule has 0 aliphatic rings. The number of hydrogen-bond donors (Lipinski definition) is 7. The summed E-state index contributed by atoms with van der Waals surface area (Å²) in [6.45, 7) is 0.463. The molecule has 0 aliphatic heterocycles. The third-order valence-electron chi connectivity index (χ3n) is 4.17. The molecule has 2 amide bonds. The van der Waals surface area contributed by atoms with E-state index >= 15 is 0 Å². The van der Waals surface area contributed by atoms with E-state index in [1.165, 1.54) is 12.5 Å². The third kappa shape index (κ3) is 9.17. The van der Waals surface area contributed by atoms with E-state index in [1.54, 1.807) is 0 Å². The van der Waals surface area contributed by atoms with Crippen LogP contribution in [-0.2, 0) is 25.6 Å². The largest absolute Gasteiger partial charge is 0.481 e. The second-order valence-corrected chi connectivity index (χ2v) is 6.55. The van der Waals surface area contributed by atoms with Crippen molar-refractivity contribution < 1.29 is 29.4 Å². The molecule has 1 aromatic rings. The Hall–Kier alpha value is -2.99. The van der Waals surface area contributed by atoms with Gasteiger partial charge in [-0.1, -0.05) is 6.42 Å². The van der Waals surface area contributed by atoms with Crippen LogP contribution in [0.3, 0.4) is 0 Å². The number of aliphatic carboxylic acids is 2. The summed E-state index contributed by atoms with van der Waals surface area (Å²) in [5.41, 5.74) is 11.6. The van der Waals surface area contributed by atoms with Gasteiger partial charge in [0.15, 0.2) is 0 Å². The minimum atomic E-state index is -1.30. The molecule has 0 bridgehead atoms. The number of H-pyrrole nitrogens is 1. The van der Waals surface area contributed by atoms with E-state index in [4.69, 9.17) is 16.6 Å². The molecule has 1 rings (SSSR count). The van der Waals surface area contributed by atoms with Crippen molar-refractivity contribution in [3.8, 4) is 0 Å². The molecule has 0 saturated carbocycles. The average molecular weight is 412 g/mol. The predicted octanol–water partition coefficient (Wildman–Crippen LogP) is -1.67. The molecule has 9 N–H and O–H groups in total. The van der Waals surface area contributed by atoms with Crippen molar-refractivity contribution in [2.24, 2.45) is 11.5 Å². The standard InChI is InChI=1S/C17H28N6O6/c18-6-2-1-3-11(19)15(26)22-12(4-5-14(24)25)16(27)23-13(17(28)29)7-10-8-20-9-21-10/h8-9,11-13H,1-7,18-19H2,(H,20,21)(H,22,26)(H,23,27)(H,24,25)(H,28,29)/t11-,12-,13-/m1/s1. The SMILES string of the molecule is NCCCC[C@@H](N)C(=O)N[C@H](CCC(=O)O)C(=O)N[C@H](Cc1c[nH]cn1)C(=O)O. The zero-order valence-corrected chi connectivity index (χ0v) is 16.0. The monoisotopic (exact) mass is 412 g/mol. The second-order valence-electron chi connectivity index (χ2n) is 6.55. The van der Waals surface area contributed by atoms with E-state index in [9.17, 15) is 24.3 Å². The van der Waals surface area contributed by atoms with Crippen LogP contribution in [0.5, 0.6) is 0 Å². The maximum absolute atomic E-state index is 12.5. The molecule has 12 nitrogen and oxygen atoms in total. The first kappa shape index (κ1) is 24.0. The summed E-state index contributed by atoms with van der Waals surface area (Å²) in [5, 5.41) is 23.0. The first-order valence-electron chi connectivity index (χ1n) is 9.23. The summed E-state index contributed by atoms with van der Waals surface area (Å²) in [4.78, 5) is 53.7. The average Bonchev–Trinajstić information content (AvgIpc) is 3.17. The molecule has 3 atom stereocenters. The Balaban J connectivity index is 2.77. The van der Waals surface area contributed by atoms with Crippen LogP contribution < -0.4 is 22.1 Å². The van der Waals surface area contributed by atoms with Gasteiger partial charge in [-0.3, -0.25) is 14.4 Å². The Bertz CT molecular complexity index is 680. The smallest absolute Gasteiger partial charge is 0.326 e. The molecule has 0 unspecified atom stereocenters. The van der Waals surface area contributed by atoms with Gasteiger partial charge in [0.1, 0.15) is 12.1 Å². The highest BCUT2D eigenvalue weighted by molar-refractivity contribution is 5.92. The Morgan fingerprint density at radius 3 is 2.31 bits per heavy atom. The quantitative estimate of drug-likeness (QED) is 0.174. The molecule has 0 spiro atoms. The molecule has 0 fully saturated rings. The zero-order valence-electron chi connectivity index (χ0n) is 16.0. The molecule has 1 aromatic heterocycles. The Labute approximate surface area is 167 Å². The van der Waals surface area contributed by atoms with Gasteiger partial charge in [-0.15, -0.1) is 0 Å². The molecule has 0 radical (unpaired) electrons. The summed E-state index contributed by atoms with van der Waals surface area (Å²) in [6.07, 6.45) is 3.86. The molecular weight excluding hydrogens is 384 g/mol. The van der Waals surface area contributed by atoms with E-state index in [-0.39, 0.29) is 12.8 Å². The van der Waals surface area contributed by atoms with E-state index < -0.39 is 48.3 Å². The maximum atomic E-state index is 12.5. The van der Waals surface area contributed by atoms with Crippen molar-refractivity contribution in [2.45, 2.75) is 56.7 Å². The third-order valence-corrected chi connectivity index (χ3v) is 4.17. The van der Waals surface area contributed by atoms with E-state index in [2.05, 4.69) is 20.6 Å². The van der Waals surface area contributed by atoms with Crippen LogP contribution in [0.25, 0.3) is 0 Å². The number of rotatable bonds is 14. The number of carbonyl (C=O) groups excluding carboxylic acids is 2. The van der Waals surface area contributed by atoms with Gasteiger partial charge in [-0.2, -0.15) is 0 Å². The van der Waals surface area contributed by atoms with Gasteiger partial charge in [0.2, 0.25) is 11.8 Å². The van der Waals surface area contributed by atoms with Gasteiger partial charge >= 0.3 is 11.9 Å². The van der Waals surface area contributed by atoms with Crippen LogP contribution in [-0.4, -0.2) is 68.6 Å². The highest BCUT2D eigenvalue weighted by Crippen LogP contribution is 2.05. The molecular formula is C17H28N6O6. The van der Waals surface area contributed by atoms with Crippen molar-refractivity contribution in [3.05, 3.63) is 18.2 Å². The number of nitrogens with zero attached hydrogens (tertiary/aromatic N) is 1. The molecule has 1 heterocycles. The number of imidazole rings is 1. The molecule has 162 valence electrons. The second kappa shape index (κ2) is 12.5. The predicted molar refractivity (Wildman–Crippen MR) is 102 cm³/mol. The van der Waals surface area contributed by atoms with Crippen molar-refractivity contribution >= 4 is 23.8 Å². The summed E-state index contributed by atoms with van der Waals surface area (Å²) >= 11 is 0. The lowest BCUT2D eigenvalue weighted by Gasteiger charge is -2.22. The molecule has 12 heteroatoms. The highest BCUT2D eigenvalue weighted by Gasteiger charge is 2.28. The fourth-order valence-corrected chi connectivity index (χ4v) is 2.54. The van der Waals surface area contributed by atoms with Gasteiger partial charge in [0.25, 0.3) is 0 Å². The van der Waals surface area contributed by atoms with Crippen LogP contribution in [0.4, 0.5) is 0 Å². The van der Waals surface area contributed by atoms with Crippen LogP contribution >= 0.6 is 0 Å². The van der Waals surface area contributed by atoms with Crippen molar-refractivity contribution in [1.82, 2.24) is 20.6 Å². The first-order chi connectivity index (χ1) is 13.7. The van der Waals surface area contributed by atoms with E-state index in [0.717, 1.165) is 0 Å². The van der Waals surface area contributed by atoms with Crippen LogP contribution in [0.2, 0.25) is 0 Å². The number of carboxylic acids is 2. The molecule has 0 saturated heterocycles. The number of nitrogens with two attached hydrogens (primary N) is 2. The van der Waals surface area contributed by atoms with E-state index in [0.29, 0.717) is 31.5 Å². The molecule has 0 aliphatic carbocycles. The normalized spacial score (nSPS) is 13.9. The van der Waals surface area contributed by atoms with Gasteiger partial charge in [0, 0.05) is 19.0 Å². The number of nitrogens with one attached hydrogen (secondary N) is 3. The van der Waals surface area contributed by atoms with Gasteiger partial charge < -0.3 is 37.3 Å². The minimum absolute atomic E-state index is 0.0806. The zero-order chi connectivity index (χ0) is 21.8. The number of aromatic nitrogens is 2. The highest BCUT2D eigenvalue weighted by atomic mass is 16.4. The molecule has 29 heavy (non-hydrogen) atoms. The van der Waals surface area contributed by atoms with Crippen molar-refractivity contribution in [1.29, 1.82) is 0 Å². The lowest BCUT2D eigenvalue weighted by atomic mass is 10.1. The van der Waals surface area contributed by atoms with Crippen LogP contribution in [0, 0.1) is 0 Å². The van der Waals surface area contributed by atoms with Crippen molar-refractivity contribution in [2.75, 3.05) is 6.54 Å². The number of hydrogen-bond acceptors (Lipinski definition) is 7. The van der Waals surface area contributed by atoms with E-state index in [1.807, 2.05) is 0 Å². The topological polar surface area (TPSA) is 214 Å². The summed E-state index contributed by atoms with van der Waals surface area (Å²) in [6, 6.07) is -3.42. The van der Waals surface area contributed by atoms with Gasteiger partial charge in [-0.05, 0) is 25.8 Å². The van der Waals surface area contributed by atoms with Gasteiger partial charge in [0.05, 0.1) is 18.1 Å². The van der Waals surface area contributed by atoms with Gasteiger partial charge in [-0.25, -0.2) is 9.78 Å². The molecule has 0 aromatic carbocycles. The fourth-order valence-electron chi connectivity index (χ4n) is 2.54. The maximum Gasteiger partial charge on any atom is 0.326 e. The number of carboxylic acid groups (broad SMARTS) is 2. The Kier molecular flexibility index (Phi) is 10.3. The fraction of sp³-hybridized carbons (Fsp3) is 0.588. The number of amides is 2. The lowest BCUT2D eigenvalue weighted by molar-refractivity contribution is -0.143. The van der Waals surface area contributed by atoms with Crippen LogP contribution in [0.15, 0.2) is 12.5 Å².